The monoisotopic (exact) mass is 238 g/mol. The van der Waals surface area contributed by atoms with E-state index < -0.39 is 0 Å². The van der Waals surface area contributed by atoms with Gasteiger partial charge in [-0.15, -0.1) is 11.3 Å². The molecule has 1 amide bonds. The lowest BCUT2D eigenvalue weighted by molar-refractivity contribution is -0.132. The largest absolute Gasteiger partial charge is 0.341 e. The average Bonchev–Trinajstić information content (AvgIpc) is 2.68. The quantitative estimate of drug-likeness (QED) is 0.848. The number of thiophene rings is 1. The van der Waals surface area contributed by atoms with Crippen LogP contribution in [-0.2, 0) is 11.2 Å². The molecule has 1 aromatic heterocycles. The van der Waals surface area contributed by atoms with Gasteiger partial charge in [0, 0.05) is 24.0 Å². The van der Waals surface area contributed by atoms with Gasteiger partial charge in [0.1, 0.15) is 0 Å². The molecule has 0 bridgehead atoms. The number of nitrogens with zero attached hydrogens (tertiary/aromatic N) is 1. The first kappa shape index (κ1) is 11.6. The Kier molecular flexibility index (Phi) is 3.61. The maximum absolute atomic E-state index is 12.0. The lowest BCUT2D eigenvalue weighted by Gasteiger charge is -2.34. The molecular formula is C12H18N2OS. The molecule has 2 unspecified atom stereocenters. The van der Waals surface area contributed by atoms with Crippen molar-refractivity contribution in [2.75, 3.05) is 13.1 Å². The number of amides is 1. The summed E-state index contributed by atoms with van der Waals surface area (Å²) in [5.74, 6) is 0.737. The molecule has 2 N–H and O–H groups in total. The summed E-state index contributed by atoms with van der Waals surface area (Å²) in [6, 6.07) is 4.14. The second kappa shape index (κ2) is 4.97. The van der Waals surface area contributed by atoms with E-state index in [0.717, 1.165) is 17.8 Å². The van der Waals surface area contributed by atoms with Crippen LogP contribution in [0, 0.1) is 5.92 Å². The van der Waals surface area contributed by atoms with E-state index in [2.05, 4.69) is 6.92 Å². The molecule has 88 valence electrons. The Morgan fingerprint density at radius 2 is 2.44 bits per heavy atom. The van der Waals surface area contributed by atoms with Gasteiger partial charge >= 0.3 is 0 Å². The molecule has 1 saturated heterocycles. The van der Waals surface area contributed by atoms with E-state index in [1.807, 2.05) is 22.4 Å². The average molecular weight is 238 g/mol. The molecule has 3 nitrogen and oxygen atoms in total. The SMILES string of the molecule is CC1CC(N)CN(C(=O)Cc2cccs2)C1. The molecule has 1 fully saturated rings. The highest BCUT2D eigenvalue weighted by atomic mass is 32.1. The van der Waals surface area contributed by atoms with Crippen LogP contribution >= 0.6 is 11.3 Å². The maximum Gasteiger partial charge on any atom is 0.227 e. The minimum atomic E-state index is 0.149. The van der Waals surface area contributed by atoms with Crippen molar-refractivity contribution >= 4 is 17.2 Å². The number of carbonyl (C=O) groups is 1. The third-order valence-corrected chi connectivity index (χ3v) is 3.83. The molecule has 2 heterocycles. The molecule has 0 spiro atoms. The minimum Gasteiger partial charge on any atom is -0.341 e. The summed E-state index contributed by atoms with van der Waals surface area (Å²) in [6.45, 7) is 3.73. The summed E-state index contributed by atoms with van der Waals surface area (Å²) in [5, 5.41) is 2.01. The Morgan fingerprint density at radius 1 is 1.62 bits per heavy atom. The Morgan fingerprint density at radius 3 is 3.06 bits per heavy atom. The Bertz CT molecular complexity index is 340. The molecule has 0 radical (unpaired) electrons. The predicted molar refractivity (Wildman–Crippen MR) is 66.4 cm³/mol. The number of hydrogen-bond acceptors (Lipinski definition) is 3. The van der Waals surface area contributed by atoms with Crippen LogP contribution in [0.25, 0.3) is 0 Å². The van der Waals surface area contributed by atoms with Gasteiger partial charge in [0.15, 0.2) is 0 Å². The molecule has 4 heteroatoms. The number of nitrogens with two attached hydrogens (primary N) is 1. The van der Waals surface area contributed by atoms with Crippen LogP contribution in [0.3, 0.4) is 0 Å². The smallest absolute Gasteiger partial charge is 0.227 e. The Labute approximate surface area is 100 Å². The Hall–Kier alpha value is -0.870. The summed E-state index contributed by atoms with van der Waals surface area (Å²) in [7, 11) is 0. The summed E-state index contributed by atoms with van der Waals surface area (Å²) in [4.78, 5) is 15.1. The van der Waals surface area contributed by atoms with Crippen molar-refractivity contribution < 1.29 is 4.79 Å². The van der Waals surface area contributed by atoms with E-state index in [1.165, 1.54) is 0 Å². The van der Waals surface area contributed by atoms with Crippen LogP contribution in [0.1, 0.15) is 18.2 Å². The van der Waals surface area contributed by atoms with Gasteiger partial charge in [-0.1, -0.05) is 13.0 Å². The zero-order valence-electron chi connectivity index (χ0n) is 9.56. The van der Waals surface area contributed by atoms with Crippen LogP contribution in [0.5, 0.6) is 0 Å². The van der Waals surface area contributed by atoms with E-state index >= 15 is 0 Å². The predicted octanol–water partition coefficient (Wildman–Crippen LogP) is 1.49. The van der Waals surface area contributed by atoms with E-state index in [9.17, 15) is 4.79 Å². The number of hydrogen-bond donors (Lipinski definition) is 1. The van der Waals surface area contributed by atoms with E-state index in [1.54, 1.807) is 11.3 Å². The topological polar surface area (TPSA) is 46.3 Å². The van der Waals surface area contributed by atoms with Crippen molar-refractivity contribution in [3.8, 4) is 0 Å². The first-order valence-electron chi connectivity index (χ1n) is 5.71. The van der Waals surface area contributed by atoms with E-state index in [0.29, 0.717) is 18.9 Å². The third kappa shape index (κ3) is 2.83. The van der Waals surface area contributed by atoms with Gasteiger partial charge in [0.2, 0.25) is 5.91 Å². The number of likely N-dealkylation sites (tertiary alicyclic amines) is 1. The van der Waals surface area contributed by atoms with Crippen LogP contribution in [-0.4, -0.2) is 29.9 Å². The number of rotatable bonds is 2. The number of carbonyl (C=O) groups excluding carboxylic acids is 1. The molecule has 2 atom stereocenters. The molecule has 0 saturated carbocycles. The molecule has 0 aromatic carbocycles. The molecule has 16 heavy (non-hydrogen) atoms. The normalized spacial score (nSPS) is 25.8. The van der Waals surface area contributed by atoms with Gasteiger partial charge in [-0.05, 0) is 23.8 Å². The molecular weight excluding hydrogens is 220 g/mol. The zero-order chi connectivity index (χ0) is 11.5. The van der Waals surface area contributed by atoms with Crippen LogP contribution in [0.15, 0.2) is 17.5 Å². The molecule has 1 aromatic rings. The fourth-order valence-corrected chi connectivity index (χ4v) is 2.97. The van der Waals surface area contributed by atoms with E-state index in [4.69, 9.17) is 5.73 Å². The maximum atomic E-state index is 12.0. The van der Waals surface area contributed by atoms with Gasteiger partial charge in [-0.2, -0.15) is 0 Å². The van der Waals surface area contributed by atoms with E-state index in [-0.39, 0.29) is 11.9 Å². The highest BCUT2D eigenvalue weighted by Crippen LogP contribution is 2.17. The minimum absolute atomic E-state index is 0.149. The molecule has 2 rings (SSSR count). The summed E-state index contributed by atoms with van der Waals surface area (Å²) >= 11 is 1.64. The van der Waals surface area contributed by atoms with Gasteiger partial charge in [-0.25, -0.2) is 0 Å². The second-order valence-electron chi connectivity index (χ2n) is 4.66. The van der Waals surface area contributed by atoms with Crippen molar-refractivity contribution in [3.63, 3.8) is 0 Å². The number of piperidine rings is 1. The van der Waals surface area contributed by atoms with Gasteiger partial charge in [0.05, 0.1) is 6.42 Å². The zero-order valence-corrected chi connectivity index (χ0v) is 10.4. The highest BCUT2D eigenvalue weighted by Gasteiger charge is 2.25. The second-order valence-corrected chi connectivity index (χ2v) is 5.69. The lowest BCUT2D eigenvalue weighted by atomic mass is 9.96. The summed E-state index contributed by atoms with van der Waals surface area (Å²) in [6.07, 6.45) is 1.56. The van der Waals surface area contributed by atoms with Gasteiger partial charge < -0.3 is 10.6 Å². The molecule has 0 aliphatic carbocycles. The first-order chi connectivity index (χ1) is 7.65. The van der Waals surface area contributed by atoms with Crippen LogP contribution in [0.4, 0.5) is 0 Å². The summed E-state index contributed by atoms with van der Waals surface area (Å²) < 4.78 is 0. The fraction of sp³-hybridized carbons (Fsp3) is 0.583. The van der Waals surface area contributed by atoms with Crippen molar-refractivity contribution in [2.45, 2.75) is 25.8 Å². The first-order valence-corrected chi connectivity index (χ1v) is 6.59. The molecule has 1 aliphatic heterocycles. The van der Waals surface area contributed by atoms with Gasteiger partial charge in [0.25, 0.3) is 0 Å². The standard InChI is InChI=1S/C12H18N2OS/c1-9-5-10(13)8-14(7-9)12(15)6-11-3-2-4-16-11/h2-4,9-10H,5-8,13H2,1H3. The van der Waals surface area contributed by atoms with Crippen molar-refractivity contribution in [1.82, 2.24) is 4.90 Å². The fourth-order valence-electron chi connectivity index (χ4n) is 2.28. The highest BCUT2D eigenvalue weighted by molar-refractivity contribution is 7.10. The Balaban J connectivity index is 1.94. The van der Waals surface area contributed by atoms with Crippen molar-refractivity contribution in [2.24, 2.45) is 11.7 Å². The van der Waals surface area contributed by atoms with Gasteiger partial charge in [-0.3, -0.25) is 4.79 Å². The van der Waals surface area contributed by atoms with Crippen LogP contribution < -0.4 is 5.73 Å². The lowest BCUT2D eigenvalue weighted by Crippen LogP contribution is -2.49. The van der Waals surface area contributed by atoms with Crippen LogP contribution in [0.2, 0.25) is 0 Å². The third-order valence-electron chi connectivity index (χ3n) is 2.95. The van der Waals surface area contributed by atoms with Crippen molar-refractivity contribution in [3.05, 3.63) is 22.4 Å². The van der Waals surface area contributed by atoms with Crippen molar-refractivity contribution in [1.29, 1.82) is 0 Å². The molecule has 1 aliphatic rings. The summed E-state index contributed by atoms with van der Waals surface area (Å²) in [5.41, 5.74) is 5.94.